The molecule has 0 saturated heterocycles. The molecule has 0 unspecified atom stereocenters. The van der Waals surface area contributed by atoms with Gasteiger partial charge in [-0.05, 0) is 56.1 Å². The van der Waals surface area contributed by atoms with Gasteiger partial charge in [0.15, 0.2) is 12.4 Å². The van der Waals surface area contributed by atoms with E-state index in [0.717, 1.165) is 5.57 Å². The topological polar surface area (TPSA) is 99.1 Å². The van der Waals surface area contributed by atoms with Crippen LogP contribution in [0.15, 0.2) is 23.8 Å². The summed E-state index contributed by atoms with van der Waals surface area (Å²) in [4.78, 5) is 35.9. The number of hydrogen-bond acceptors (Lipinski definition) is 7. The Balaban J connectivity index is 1.75. The molecule has 0 bridgehead atoms. The van der Waals surface area contributed by atoms with Gasteiger partial charge < -0.3 is 19.3 Å². The maximum Gasteiger partial charge on any atom is 0.303 e. The van der Waals surface area contributed by atoms with Crippen LogP contribution in [0.2, 0.25) is 0 Å². The lowest BCUT2D eigenvalue weighted by molar-refractivity contribution is -0.212. The second-order valence-electron chi connectivity index (χ2n) is 10.4. The summed E-state index contributed by atoms with van der Waals surface area (Å²) < 4.78 is 16.3. The molecule has 7 atom stereocenters. The fraction of sp³-hybridized carbons (Fsp3) is 0.720. The Labute approximate surface area is 199 Å². The second kappa shape index (κ2) is 8.29. The van der Waals surface area contributed by atoms with Crippen LogP contribution >= 0.6 is 11.6 Å². The van der Waals surface area contributed by atoms with E-state index in [-0.39, 0.29) is 43.2 Å². The highest BCUT2D eigenvalue weighted by Gasteiger charge is 2.73. The summed E-state index contributed by atoms with van der Waals surface area (Å²) in [6.45, 7) is 4.78. The molecule has 0 aromatic carbocycles. The van der Waals surface area contributed by atoms with Crippen molar-refractivity contribution >= 4 is 29.1 Å². The van der Waals surface area contributed by atoms with Crippen molar-refractivity contribution in [2.75, 3.05) is 20.5 Å². The number of carbonyl (C=O) groups is 3. The number of Topliss-reactive ketones (excluding diaryl/α,β-unsaturated/α-hetero) is 1. The van der Waals surface area contributed by atoms with Gasteiger partial charge in [-0.1, -0.05) is 25.5 Å². The Bertz CT molecular complexity index is 928. The predicted molar refractivity (Wildman–Crippen MR) is 120 cm³/mol. The van der Waals surface area contributed by atoms with Gasteiger partial charge in [-0.25, -0.2) is 0 Å². The summed E-state index contributed by atoms with van der Waals surface area (Å²) in [5, 5.41) is 11.6. The molecule has 0 amide bonds. The van der Waals surface area contributed by atoms with Crippen molar-refractivity contribution in [3.8, 4) is 0 Å². The lowest BCUT2D eigenvalue weighted by Gasteiger charge is -2.64. The number of halogens is 1. The first-order valence-corrected chi connectivity index (χ1v) is 11.9. The molecule has 4 rings (SSSR count). The van der Waals surface area contributed by atoms with Gasteiger partial charge >= 0.3 is 5.97 Å². The van der Waals surface area contributed by atoms with Crippen molar-refractivity contribution < 1.29 is 33.7 Å². The third-order valence-corrected chi connectivity index (χ3v) is 9.97. The van der Waals surface area contributed by atoms with E-state index in [0.29, 0.717) is 25.7 Å². The summed E-state index contributed by atoms with van der Waals surface area (Å²) in [5.74, 6) is -1.00. The van der Waals surface area contributed by atoms with Crippen molar-refractivity contribution in [3.63, 3.8) is 0 Å². The summed E-state index contributed by atoms with van der Waals surface area (Å²) in [6.07, 6.45) is 6.90. The highest BCUT2D eigenvalue weighted by atomic mass is 35.5. The van der Waals surface area contributed by atoms with Crippen LogP contribution in [0.1, 0.15) is 52.9 Å². The minimum Gasteiger partial charge on any atom is -0.458 e. The monoisotopic (exact) mass is 480 g/mol. The first-order valence-electron chi connectivity index (χ1n) is 11.6. The Morgan fingerprint density at radius 3 is 2.64 bits per heavy atom. The Hall–Kier alpha value is -1.54. The lowest BCUT2D eigenvalue weighted by Crippen LogP contribution is -2.69. The molecule has 0 spiro atoms. The quantitative estimate of drug-likeness (QED) is 0.354. The van der Waals surface area contributed by atoms with Gasteiger partial charge in [0, 0.05) is 24.9 Å². The number of aliphatic hydroxyl groups excluding tert-OH is 1. The van der Waals surface area contributed by atoms with Crippen LogP contribution in [-0.4, -0.2) is 59.7 Å². The van der Waals surface area contributed by atoms with Crippen LogP contribution < -0.4 is 0 Å². The molecule has 0 aromatic rings. The lowest BCUT2D eigenvalue weighted by atomic mass is 9.45. The third-order valence-electron chi connectivity index (χ3n) is 9.04. The molecule has 4 aliphatic rings. The van der Waals surface area contributed by atoms with Gasteiger partial charge in [-0.15, -0.1) is 11.6 Å². The zero-order chi connectivity index (χ0) is 24.2. The van der Waals surface area contributed by atoms with Crippen molar-refractivity contribution in [2.45, 2.75) is 69.5 Å². The summed E-state index contributed by atoms with van der Waals surface area (Å²) >= 11 is 7.43. The molecule has 0 aliphatic heterocycles. The Morgan fingerprint density at radius 1 is 1.24 bits per heavy atom. The van der Waals surface area contributed by atoms with Gasteiger partial charge in [-0.3, -0.25) is 14.4 Å². The number of ketones is 2. The smallest absolute Gasteiger partial charge is 0.303 e. The predicted octanol–water partition coefficient (Wildman–Crippen LogP) is 3.12. The number of hydrogen-bond donors (Lipinski definition) is 1. The average Bonchev–Trinajstić information content (AvgIpc) is 3.05. The van der Waals surface area contributed by atoms with Crippen LogP contribution in [0, 0.1) is 22.7 Å². The first-order chi connectivity index (χ1) is 15.5. The minimum atomic E-state index is -1.25. The standard InChI is InChI=1S/C25H33ClO7/c1-15(27)32-13-21(30)24(33-14-31-4)10-8-18-19-6-5-16-11-17(28)7-9-22(16,2)25(19,26)20(29)12-23(18,24)3/h7,9,11,18-20,29H,5-6,8,10,12-14H2,1-4H3/t18-,19-,20-,22-,23-,24-,25-/m0/s1. The second-order valence-corrected chi connectivity index (χ2v) is 11.0. The molecular weight excluding hydrogens is 448 g/mol. The number of esters is 1. The zero-order valence-electron chi connectivity index (χ0n) is 19.7. The minimum absolute atomic E-state index is 0.000868. The molecule has 4 aliphatic carbocycles. The van der Waals surface area contributed by atoms with Crippen LogP contribution in [0.3, 0.4) is 0 Å². The molecule has 3 fully saturated rings. The molecule has 1 N–H and O–H groups in total. The van der Waals surface area contributed by atoms with Gasteiger partial charge in [0.25, 0.3) is 0 Å². The van der Waals surface area contributed by atoms with Gasteiger partial charge in [0.2, 0.25) is 5.78 Å². The first kappa shape index (κ1) is 24.6. The molecule has 7 nitrogen and oxygen atoms in total. The SMILES string of the molecule is COCO[C@]1(C(=O)COC(C)=O)CC[C@H]2[C@@H]3CCC4=CC(=O)C=C[C@]4(C)[C@@]3(Cl)[C@@H](O)C[C@@]21C. The summed E-state index contributed by atoms with van der Waals surface area (Å²) in [5.41, 5.74) is -1.68. The Kier molecular flexibility index (Phi) is 6.18. The van der Waals surface area contributed by atoms with Gasteiger partial charge in [0.05, 0.1) is 11.0 Å². The normalized spacial score (nSPS) is 43.9. The van der Waals surface area contributed by atoms with E-state index in [4.69, 9.17) is 25.8 Å². The zero-order valence-corrected chi connectivity index (χ0v) is 20.4. The average molecular weight is 481 g/mol. The fourth-order valence-corrected chi connectivity index (χ4v) is 7.94. The van der Waals surface area contributed by atoms with Crippen molar-refractivity contribution in [1.29, 1.82) is 0 Å². The molecule has 3 saturated carbocycles. The van der Waals surface area contributed by atoms with Crippen LogP contribution in [0.5, 0.6) is 0 Å². The third kappa shape index (κ3) is 3.30. The van der Waals surface area contributed by atoms with E-state index in [1.54, 1.807) is 12.2 Å². The van der Waals surface area contributed by atoms with Gasteiger partial charge in [0.1, 0.15) is 12.4 Å². The van der Waals surface area contributed by atoms with Crippen LogP contribution in [0.4, 0.5) is 0 Å². The van der Waals surface area contributed by atoms with E-state index in [1.807, 2.05) is 19.9 Å². The highest BCUT2D eigenvalue weighted by molar-refractivity contribution is 6.26. The van der Waals surface area contributed by atoms with E-state index in [2.05, 4.69) is 0 Å². The largest absolute Gasteiger partial charge is 0.458 e. The van der Waals surface area contributed by atoms with E-state index < -0.39 is 33.4 Å². The molecule has 182 valence electrons. The molecule has 0 heterocycles. The van der Waals surface area contributed by atoms with Crippen molar-refractivity contribution in [2.24, 2.45) is 22.7 Å². The number of aliphatic hydroxyl groups is 1. The van der Waals surface area contributed by atoms with E-state index >= 15 is 0 Å². The number of allylic oxidation sites excluding steroid dienone is 4. The van der Waals surface area contributed by atoms with Crippen LogP contribution in [0.25, 0.3) is 0 Å². The highest BCUT2D eigenvalue weighted by Crippen LogP contribution is 2.71. The van der Waals surface area contributed by atoms with Crippen LogP contribution in [-0.2, 0) is 28.6 Å². The maximum atomic E-state index is 13.5. The number of fused-ring (bicyclic) bond motifs is 5. The van der Waals surface area contributed by atoms with Crippen molar-refractivity contribution in [1.82, 2.24) is 0 Å². The number of alkyl halides is 1. The summed E-state index contributed by atoms with van der Waals surface area (Å²) in [6, 6.07) is 0. The molecule has 8 heteroatoms. The van der Waals surface area contributed by atoms with E-state index in [1.165, 1.54) is 14.0 Å². The number of methoxy groups -OCH3 is 1. The fourth-order valence-electron chi connectivity index (χ4n) is 7.42. The van der Waals surface area contributed by atoms with E-state index in [9.17, 15) is 19.5 Å². The van der Waals surface area contributed by atoms with Gasteiger partial charge in [-0.2, -0.15) is 0 Å². The maximum absolute atomic E-state index is 13.5. The number of rotatable bonds is 6. The Morgan fingerprint density at radius 2 is 1.97 bits per heavy atom. The molecular formula is C25H33ClO7. The number of ether oxygens (including phenoxy) is 3. The number of carbonyl (C=O) groups excluding carboxylic acids is 3. The molecule has 0 aromatic heterocycles. The van der Waals surface area contributed by atoms with Crippen molar-refractivity contribution in [3.05, 3.63) is 23.8 Å². The molecule has 0 radical (unpaired) electrons. The summed E-state index contributed by atoms with van der Waals surface area (Å²) in [7, 11) is 1.49. The molecule has 33 heavy (non-hydrogen) atoms.